The topological polar surface area (TPSA) is 70.7 Å². The molecular weight excluding hydrogens is 464 g/mol. The molecule has 0 bridgehead atoms. The average molecular weight is 516 g/mol. The number of hydrogen-bond donors (Lipinski definition) is 2. The summed E-state index contributed by atoms with van der Waals surface area (Å²) >= 11 is 0. The second-order valence-electron chi connectivity index (χ2n) is 12.2. The molecule has 2 saturated heterocycles. The monoisotopic (exact) mass is 515 g/mol. The summed E-state index contributed by atoms with van der Waals surface area (Å²) in [5.41, 5.74) is -0.614. The molecule has 6 nitrogen and oxygen atoms in total. The lowest BCUT2D eigenvalue weighted by Crippen LogP contribution is -2.61. The summed E-state index contributed by atoms with van der Waals surface area (Å²) in [5.74, 6) is -3.26. The Labute approximate surface area is 217 Å². The van der Waals surface area contributed by atoms with E-state index in [0.717, 1.165) is 44.9 Å². The van der Waals surface area contributed by atoms with Crippen molar-refractivity contribution in [3.8, 4) is 0 Å². The molecule has 210 valence electrons. The third-order valence-electron chi connectivity index (χ3n) is 7.85. The Morgan fingerprint density at radius 2 is 1.72 bits per heavy atom. The molecule has 36 heavy (non-hydrogen) atoms. The first-order valence-corrected chi connectivity index (χ1v) is 14.2. The molecule has 8 heteroatoms. The zero-order valence-electron chi connectivity index (χ0n) is 23.7. The van der Waals surface area contributed by atoms with Gasteiger partial charge in [-0.25, -0.2) is 8.78 Å². The van der Waals surface area contributed by atoms with E-state index in [9.17, 15) is 18.4 Å². The van der Waals surface area contributed by atoms with Gasteiger partial charge in [-0.15, -0.1) is 0 Å². The van der Waals surface area contributed by atoms with E-state index in [4.69, 9.17) is 4.74 Å². The van der Waals surface area contributed by atoms with Crippen molar-refractivity contribution >= 4 is 11.8 Å². The molecule has 5 unspecified atom stereocenters. The van der Waals surface area contributed by atoms with Crippen molar-refractivity contribution in [1.29, 1.82) is 0 Å². The summed E-state index contributed by atoms with van der Waals surface area (Å²) in [6.45, 7) is 13.7. The van der Waals surface area contributed by atoms with E-state index in [0.29, 0.717) is 18.8 Å². The van der Waals surface area contributed by atoms with Crippen LogP contribution in [0.15, 0.2) is 0 Å². The number of alkyl halides is 2. The number of carbonyl (C=O) groups excluding carboxylic acids is 2. The molecule has 2 rings (SSSR count). The number of halogens is 2. The van der Waals surface area contributed by atoms with E-state index < -0.39 is 42.4 Å². The number of likely N-dealkylation sites (tertiary alicyclic amines) is 1. The number of amides is 2. The van der Waals surface area contributed by atoms with Crippen LogP contribution in [0.25, 0.3) is 0 Å². The maximum absolute atomic E-state index is 14.4. The van der Waals surface area contributed by atoms with Gasteiger partial charge in [-0.05, 0) is 38.5 Å². The summed E-state index contributed by atoms with van der Waals surface area (Å²) in [6, 6.07) is -0.673. The van der Waals surface area contributed by atoms with Crippen molar-refractivity contribution in [2.75, 3.05) is 13.1 Å². The Morgan fingerprint density at radius 1 is 1.08 bits per heavy atom. The maximum Gasteiger partial charge on any atom is 0.267 e. The van der Waals surface area contributed by atoms with Crippen molar-refractivity contribution in [3.63, 3.8) is 0 Å². The minimum atomic E-state index is -2.95. The number of nitrogens with one attached hydrogen (secondary N) is 2. The number of carbonyl (C=O) groups is 2. The van der Waals surface area contributed by atoms with Gasteiger partial charge in [0.2, 0.25) is 11.8 Å². The lowest BCUT2D eigenvalue weighted by atomic mass is 9.77. The molecule has 5 atom stereocenters. The normalized spacial score (nSPS) is 26.8. The minimum Gasteiger partial charge on any atom is -0.358 e. The lowest BCUT2D eigenvalue weighted by Gasteiger charge is -2.46. The van der Waals surface area contributed by atoms with Gasteiger partial charge in [0.25, 0.3) is 5.92 Å². The quantitative estimate of drug-likeness (QED) is 0.296. The fourth-order valence-electron chi connectivity index (χ4n) is 6.21. The largest absolute Gasteiger partial charge is 0.358 e. The van der Waals surface area contributed by atoms with Crippen LogP contribution in [0.2, 0.25) is 0 Å². The first-order valence-electron chi connectivity index (χ1n) is 14.2. The van der Waals surface area contributed by atoms with Crippen LogP contribution in [0.4, 0.5) is 8.78 Å². The molecule has 2 aliphatic heterocycles. The van der Waals surface area contributed by atoms with Gasteiger partial charge >= 0.3 is 0 Å². The van der Waals surface area contributed by atoms with Gasteiger partial charge in [0.1, 0.15) is 6.23 Å². The highest BCUT2D eigenvalue weighted by Gasteiger charge is 2.53. The molecule has 2 heterocycles. The summed E-state index contributed by atoms with van der Waals surface area (Å²) in [5, 5.41) is 6.36. The molecule has 2 fully saturated rings. The number of ether oxygens (including phenoxy) is 1. The molecule has 2 N–H and O–H groups in total. The standard InChI is InChI=1S/C28H51F2N3O3/c1-8-11-14-27(7,13-10-3)32-23-15-22(36-23)21-17-28(29,30)19-33(21)24(34)18-31-25(35)26(6,12-9-2)16-20(4)5/h20-23,32H,8-19H2,1-7H3,(H,31,35). The van der Waals surface area contributed by atoms with Crippen LogP contribution < -0.4 is 10.6 Å². The first-order chi connectivity index (χ1) is 16.8. The van der Waals surface area contributed by atoms with Crippen LogP contribution >= 0.6 is 0 Å². The van der Waals surface area contributed by atoms with Gasteiger partial charge in [0.05, 0.1) is 25.2 Å². The Morgan fingerprint density at radius 3 is 2.28 bits per heavy atom. The van der Waals surface area contributed by atoms with E-state index in [1.807, 2.05) is 13.8 Å². The van der Waals surface area contributed by atoms with Gasteiger partial charge in [0.15, 0.2) is 0 Å². The summed E-state index contributed by atoms with van der Waals surface area (Å²) in [7, 11) is 0. The average Bonchev–Trinajstić information content (AvgIpc) is 3.07. The number of nitrogens with zero attached hydrogens (tertiary/aromatic N) is 1. The second kappa shape index (κ2) is 13.0. The Hall–Kier alpha value is -1.28. The van der Waals surface area contributed by atoms with Crippen LogP contribution in [0.1, 0.15) is 113 Å². The Kier molecular flexibility index (Phi) is 11.2. The predicted octanol–water partition coefficient (Wildman–Crippen LogP) is 5.64. The van der Waals surface area contributed by atoms with E-state index in [1.54, 1.807) is 0 Å². The van der Waals surface area contributed by atoms with Crippen molar-refractivity contribution in [1.82, 2.24) is 15.5 Å². The molecule has 0 aromatic heterocycles. The molecule has 0 aromatic carbocycles. The summed E-state index contributed by atoms with van der Waals surface area (Å²) in [4.78, 5) is 27.2. The van der Waals surface area contributed by atoms with Crippen LogP contribution in [-0.2, 0) is 14.3 Å². The molecule has 2 aliphatic rings. The maximum atomic E-state index is 14.4. The zero-order chi connectivity index (χ0) is 27.1. The van der Waals surface area contributed by atoms with E-state index in [2.05, 4.69) is 45.3 Å². The highest BCUT2D eigenvalue weighted by atomic mass is 19.3. The fourth-order valence-corrected chi connectivity index (χ4v) is 6.21. The summed E-state index contributed by atoms with van der Waals surface area (Å²) < 4.78 is 34.9. The smallest absolute Gasteiger partial charge is 0.267 e. The van der Waals surface area contributed by atoms with Crippen LogP contribution in [0.3, 0.4) is 0 Å². The molecular formula is C28H51F2N3O3. The molecule has 0 aromatic rings. The molecule has 0 saturated carbocycles. The summed E-state index contributed by atoms with van der Waals surface area (Å²) in [6.07, 6.45) is 7.26. The van der Waals surface area contributed by atoms with Gasteiger partial charge in [-0.1, -0.05) is 67.2 Å². The molecule has 0 radical (unpaired) electrons. The molecule has 2 amide bonds. The number of hydrogen-bond acceptors (Lipinski definition) is 4. The highest BCUT2D eigenvalue weighted by Crippen LogP contribution is 2.39. The fraction of sp³-hybridized carbons (Fsp3) is 0.929. The van der Waals surface area contributed by atoms with Crippen LogP contribution in [-0.4, -0.2) is 59.6 Å². The van der Waals surface area contributed by atoms with Crippen molar-refractivity contribution < 1.29 is 23.1 Å². The van der Waals surface area contributed by atoms with Crippen molar-refractivity contribution in [2.45, 2.75) is 143 Å². The Bertz CT molecular complexity index is 729. The first kappa shape index (κ1) is 30.9. The highest BCUT2D eigenvalue weighted by molar-refractivity contribution is 5.88. The van der Waals surface area contributed by atoms with Crippen molar-refractivity contribution in [3.05, 3.63) is 0 Å². The SMILES string of the molecule is CCCCC(C)(CCC)NC1CC(C2CC(F)(F)CN2C(=O)CNC(=O)C(C)(CCC)CC(C)C)O1. The number of rotatable bonds is 15. The van der Waals surface area contributed by atoms with E-state index in [1.165, 1.54) is 4.90 Å². The number of unbranched alkanes of at least 4 members (excludes halogenated alkanes) is 1. The van der Waals surface area contributed by atoms with Crippen LogP contribution in [0, 0.1) is 11.3 Å². The van der Waals surface area contributed by atoms with Gasteiger partial charge in [-0.3, -0.25) is 14.9 Å². The van der Waals surface area contributed by atoms with Gasteiger partial charge in [-0.2, -0.15) is 0 Å². The third-order valence-corrected chi connectivity index (χ3v) is 7.85. The third kappa shape index (κ3) is 8.37. The molecule has 0 aliphatic carbocycles. The van der Waals surface area contributed by atoms with Gasteiger partial charge in [0, 0.05) is 23.8 Å². The second-order valence-corrected chi connectivity index (χ2v) is 12.2. The van der Waals surface area contributed by atoms with Crippen molar-refractivity contribution in [2.24, 2.45) is 11.3 Å². The van der Waals surface area contributed by atoms with E-state index >= 15 is 0 Å². The zero-order valence-corrected chi connectivity index (χ0v) is 23.7. The van der Waals surface area contributed by atoms with Crippen LogP contribution in [0.5, 0.6) is 0 Å². The predicted molar refractivity (Wildman–Crippen MR) is 140 cm³/mol. The molecule has 0 spiro atoms. The Balaban J connectivity index is 1.97. The van der Waals surface area contributed by atoms with Gasteiger partial charge < -0.3 is 15.0 Å². The van der Waals surface area contributed by atoms with E-state index in [-0.39, 0.29) is 24.2 Å². The minimum absolute atomic E-state index is 0.0407. The lowest BCUT2D eigenvalue weighted by molar-refractivity contribution is -0.179.